The van der Waals surface area contributed by atoms with E-state index in [0.29, 0.717) is 24.5 Å². The van der Waals surface area contributed by atoms with E-state index in [2.05, 4.69) is 0 Å². The molecule has 18 heavy (non-hydrogen) atoms. The van der Waals surface area contributed by atoms with Gasteiger partial charge in [0.1, 0.15) is 5.75 Å². The van der Waals surface area contributed by atoms with Crippen LogP contribution in [0.1, 0.15) is 42.6 Å². The number of nitrogens with two attached hydrogens (primary N) is 1. The van der Waals surface area contributed by atoms with Gasteiger partial charge >= 0.3 is 0 Å². The third kappa shape index (κ3) is 2.72. The maximum Gasteiger partial charge on any atom is 0.168 e. The van der Waals surface area contributed by atoms with Crippen molar-refractivity contribution in [1.82, 2.24) is 0 Å². The summed E-state index contributed by atoms with van der Waals surface area (Å²) in [6, 6.07) is 5.73. The zero-order valence-corrected chi connectivity index (χ0v) is 11.1. The normalized spacial score (nSPS) is 16.0. The monoisotopic (exact) mass is 247 g/mol. The molecule has 1 aromatic carbocycles. The van der Waals surface area contributed by atoms with E-state index >= 15 is 0 Å². The van der Waals surface area contributed by atoms with E-state index in [0.717, 1.165) is 24.2 Å². The largest absolute Gasteiger partial charge is 0.493 e. The van der Waals surface area contributed by atoms with Crippen LogP contribution in [0, 0.1) is 5.92 Å². The molecule has 0 bridgehead atoms. The van der Waals surface area contributed by atoms with E-state index in [-0.39, 0.29) is 11.8 Å². The second-order valence-electron chi connectivity index (χ2n) is 5.28. The van der Waals surface area contributed by atoms with Crippen LogP contribution in [0.15, 0.2) is 18.2 Å². The fourth-order valence-corrected chi connectivity index (χ4v) is 2.17. The number of hydrogen-bond donors (Lipinski definition) is 1. The summed E-state index contributed by atoms with van der Waals surface area (Å²) in [5.41, 5.74) is 7.81. The molecule has 0 saturated carbocycles. The molecule has 0 radical (unpaired) electrons. The molecule has 0 aliphatic carbocycles. The van der Waals surface area contributed by atoms with E-state index in [4.69, 9.17) is 10.5 Å². The maximum absolute atomic E-state index is 12.3. The van der Waals surface area contributed by atoms with Gasteiger partial charge in [-0.2, -0.15) is 0 Å². The summed E-state index contributed by atoms with van der Waals surface area (Å²) in [5.74, 6) is 1.19. The summed E-state index contributed by atoms with van der Waals surface area (Å²) in [5, 5.41) is 0. The van der Waals surface area contributed by atoms with E-state index in [1.807, 2.05) is 32.0 Å². The first-order chi connectivity index (χ1) is 8.59. The van der Waals surface area contributed by atoms with E-state index in [1.54, 1.807) is 0 Å². The molecule has 3 nitrogen and oxygen atoms in total. The highest BCUT2D eigenvalue weighted by Crippen LogP contribution is 2.30. The van der Waals surface area contributed by atoms with Crippen LogP contribution in [0.2, 0.25) is 0 Å². The molecule has 1 atom stereocenters. The molecule has 1 heterocycles. The van der Waals surface area contributed by atoms with Gasteiger partial charge in [-0.25, -0.2) is 0 Å². The number of rotatable bonds is 4. The molecular formula is C15H21NO2. The lowest BCUT2D eigenvalue weighted by molar-refractivity contribution is 0.0962. The Bertz CT molecular complexity index is 440. The summed E-state index contributed by atoms with van der Waals surface area (Å²) in [6.45, 7) is 4.78. The zero-order valence-electron chi connectivity index (χ0n) is 11.1. The second kappa shape index (κ2) is 5.53. The van der Waals surface area contributed by atoms with Crippen molar-refractivity contribution in [2.45, 2.75) is 39.2 Å². The van der Waals surface area contributed by atoms with Gasteiger partial charge in [-0.3, -0.25) is 4.79 Å². The zero-order chi connectivity index (χ0) is 13.1. The van der Waals surface area contributed by atoms with Crippen LogP contribution in [-0.2, 0) is 6.42 Å². The smallest absolute Gasteiger partial charge is 0.168 e. The number of Topliss-reactive ketones (excluding diaryl/α,β-unsaturated/α-hetero) is 1. The average molecular weight is 247 g/mol. The SMILES string of the molecule is CC(C)C(N)CC(=O)c1cccc2c1OCCC2. The summed E-state index contributed by atoms with van der Waals surface area (Å²) in [4.78, 5) is 12.3. The van der Waals surface area contributed by atoms with Gasteiger partial charge in [0.05, 0.1) is 12.2 Å². The Labute approximate surface area is 108 Å². The van der Waals surface area contributed by atoms with Crippen molar-refractivity contribution >= 4 is 5.78 Å². The third-order valence-corrected chi connectivity index (χ3v) is 3.51. The highest BCUT2D eigenvalue weighted by Gasteiger charge is 2.21. The minimum atomic E-state index is -0.0862. The lowest BCUT2D eigenvalue weighted by Crippen LogP contribution is -2.29. The van der Waals surface area contributed by atoms with Crippen molar-refractivity contribution < 1.29 is 9.53 Å². The molecule has 0 saturated heterocycles. The molecule has 1 aliphatic rings. The van der Waals surface area contributed by atoms with Gasteiger partial charge in [0.25, 0.3) is 0 Å². The Morgan fingerprint density at radius 3 is 2.94 bits per heavy atom. The minimum Gasteiger partial charge on any atom is -0.493 e. The first kappa shape index (κ1) is 13.1. The third-order valence-electron chi connectivity index (χ3n) is 3.51. The van der Waals surface area contributed by atoms with Gasteiger partial charge in [-0.1, -0.05) is 26.0 Å². The van der Waals surface area contributed by atoms with Crippen LogP contribution in [0.3, 0.4) is 0 Å². The molecule has 2 rings (SSSR count). The van der Waals surface area contributed by atoms with Crippen LogP contribution >= 0.6 is 0 Å². The van der Waals surface area contributed by atoms with Gasteiger partial charge < -0.3 is 10.5 Å². The Balaban J connectivity index is 2.20. The van der Waals surface area contributed by atoms with Crippen molar-refractivity contribution in [3.8, 4) is 5.75 Å². The Kier molecular flexibility index (Phi) is 4.02. The van der Waals surface area contributed by atoms with E-state index in [1.165, 1.54) is 0 Å². The van der Waals surface area contributed by atoms with E-state index < -0.39 is 0 Å². The van der Waals surface area contributed by atoms with Gasteiger partial charge in [0, 0.05) is 12.5 Å². The summed E-state index contributed by atoms with van der Waals surface area (Å²) in [6.07, 6.45) is 2.40. The van der Waals surface area contributed by atoms with Crippen LogP contribution in [-0.4, -0.2) is 18.4 Å². The Morgan fingerprint density at radius 2 is 2.22 bits per heavy atom. The highest BCUT2D eigenvalue weighted by molar-refractivity contribution is 5.99. The van der Waals surface area contributed by atoms with Gasteiger partial charge in [-0.05, 0) is 30.4 Å². The predicted molar refractivity (Wildman–Crippen MR) is 72.0 cm³/mol. The number of aryl methyl sites for hydroxylation is 1. The number of carbonyl (C=O) groups excluding carboxylic acids is 1. The molecule has 0 amide bonds. The molecule has 1 aliphatic heterocycles. The van der Waals surface area contributed by atoms with Gasteiger partial charge in [0.2, 0.25) is 0 Å². The fraction of sp³-hybridized carbons (Fsp3) is 0.533. The van der Waals surface area contributed by atoms with Crippen molar-refractivity contribution in [3.63, 3.8) is 0 Å². The first-order valence-corrected chi connectivity index (χ1v) is 6.63. The summed E-state index contributed by atoms with van der Waals surface area (Å²) in [7, 11) is 0. The van der Waals surface area contributed by atoms with Crippen molar-refractivity contribution in [1.29, 1.82) is 0 Å². The summed E-state index contributed by atoms with van der Waals surface area (Å²) >= 11 is 0. The molecule has 1 unspecified atom stereocenters. The van der Waals surface area contributed by atoms with Crippen LogP contribution in [0.4, 0.5) is 0 Å². The van der Waals surface area contributed by atoms with Crippen molar-refractivity contribution in [2.24, 2.45) is 11.7 Å². The van der Waals surface area contributed by atoms with Crippen LogP contribution in [0.5, 0.6) is 5.75 Å². The number of hydrogen-bond acceptors (Lipinski definition) is 3. The summed E-state index contributed by atoms with van der Waals surface area (Å²) < 4.78 is 5.66. The molecule has 98 valence electrons. The number of para-hydroxylation sites is 1. The molecule has 1 aromatic rings. The first-order valence-electron chi connectivity index (χ1n) is 6.63. The Hall–Kier alpha value is -1.35. The van der Waals surface area contributed by atoms with Crippen LogP contribution < -0.4 is 10.5 Å². The molecule has 3 heteroatoms. The highest BCUT2D eigenvalue weighted by atomic mass is 16.5. The molecular weight excluding hydrogens is 226 g/mol. The molecule has 2 N–H and O–H groups in total. The molecule has 0 aromatic heterocycles. The van der Waals surface area contributed by atoms with Gasteiger partial charge in [-0.15, -0.1) is 0 Å². The average Bonchev–Trinajstić information content (AvgIpc) is 2.37. The Morgan fingerprint density at radius 1 is 1.44 bits per heavy atom. The van der Waals surface area contributed by atoms with Crippen LogP contribution in [0.25, 0.3) is 0 Å². The van der Waals surface area contributed by atoms with Gasteiger partial charge in [0.15, 0.2) is 5.78 Å². The topological polar surface area (TPSA) is 52.3 Å². The molecule has 0 spiro atoms. The number of fused-ring (bicyclic) bond motifs is 1. The fourth-order valence-electron chi connectivity index (χ4n) is 2.17. The lowest BCUT2D eigenvalue weighted by atomic mass is 9.94. The van der Waals surface area contributed by atoms with E-state index in [9.17, 15) is 4.79 Å². The standard InChI is InChI=1S/C15H21NO2/c1-10(2)13(16)9-14(17)12-7-3-5-11-6-4-8-18-15(11)12/h3,5,7,10,13H,4,6,8-9,16H2,1-2H3. The molecule has 0 fully saturated rings. The number of benzene rings is 1. The quantitative estimate of drug-likeness (QED) is 0.832. The predicted octanol–water partition coefficient (Wildman–Crippen LogP) is 2.57. The second-order valence-corrected chi connectivity index (χ2v) is 5.28. The number of ether oxygens (including phenoxy) is 1. The van der Waals surface area contributed by atoms with Crippen molar-refractivity contribution in [3.05, 3.63) is 29.3 Å². The minimum absolute atomic E-state index is 0.0862. The van der Waals surface area contributed by atoms with Crippen molar-refractivity contribution in [2.75, 3.05) is 6.61 Å². The maximum atomic E-state index is 12.3. The number of carbonyl (C=O) groups is 1. The number of ketones is 1. The lowest BCUT2D eigenvalue weighted by Gasteiger charge is -2.21.